The molecule has 0 fully saturated rings. The molecule has 0 aliphatic carbocycles. The SMILES string of the molecule is Cn1nc(NCCC(N)=O)c(=O)n(C)c1=O. The Hall–Kier alpha value is -2.12. The van der Waals surface area contributed by atoms with E-state index in [1.54, 1.807) is 0 Å². The van der Waals surface area contributed by atoms with Gasteiger partial charge in [0.25, 0.3) is 5.56 Å². The minimum absolute atomic E-state index is 0.0193. The Morgan fingerprint density at radius 2 is 2.06 bits per heavy atom. The third-order valence-corrected chi connectivity index (χ3v) is 1.98. The van der Waals surface area contributed by atoms with E-state index >= 15 is 0 Å². The normalized spacial score (nSPS) is 10.1. The second-order valence-corrected chi connectivity index (χ2v) is 3.26. The number of hydrogen-bond acceptors (Lipinski definition) is 5. The predicted molar refractivity (Wildman–Crippen MR) is 57.0 cm³/mol. The Kier molecular flexibility index (Phi) is 3.44. The molecule has 0 aromatic carbocycles. The Bertz CT molecular complexity index is 515. The fourth-order valence-electron chi connectivity index (χ4n) is 1.11. The topological polar surface area (TPSA) is 112 Å². The fourth-order valence-corrected chi connectivity index (χ4v) is 1.11. The quantitative estimate of drug-likeness (QED) is 0.604. The first-order valence-corrected chi connectivity index (χ1v) is 4.60. The number of nitrogens with one attached hydrogen (secondary N) is 1. The van der Waals surface area contributed by atoms with Gasteiger partial charge in [-0.15, -0.1) is 5.10 Å². The number of nitrogens with zero attached hydrogens (tertiary/aromatic N) is 3. The number of aromatic nitrogens is 3. The smallest absolute Gasteiger partial charge is 0.346 e. The van der Waals surface area contributed by atoms with E-state index in [0.717, 1.165) is 9.25 Å². The van der Waals surface area contributed by atoms with Crippen molar-refractivity contribution in [1.29, 1.82) is 0 Å². The van der Waals surface area contributed by atoms with Gasteiger partial charge in [0.15, 0.2) is 0 Å². The molecule has 0 atom stereocenters. The van der Waals surface area contributed by atoms with E-state index < -0.39 is 17.2 Å². The van der Waals surface area contributed by atoms with Crippen LogP contribution in [0.15, 0.2) is 9.59 Å². The number of amides is 1. The standard InChI is InChI=1S/C8H13N5O3/c1-12-7(15)6(10-4-3-5(9)14)11-13(2)8(12)16/h3-4H2,1-2H3,(H2,9,14)(H,10,11). The molecule has 8 heteroatoms. The van der Waals surface area contributed by atoms with E-state index in [9.17, 15) is 14.4 Å². The summed E-state index contributed by atoms with van der Waals surface area (Å²) in [6.45, 7) is 0.204. The maximum Gasteiger partial charge on any atom is 0.346 e. The van der Waals surface area contributed by atoms with Crippen molar-refractivity contribution < 1.29 is 4.79 Å². The first-order chi connectivity index (χ1) is 7.43. The van der Waals surface area contributed by atoms with E-state index in [4.69, 9.17) is 5.73 Å². The van der Waals surface area contributed by atoms with Gasteiger partial charge in [0, 0.05) is 27.1 Å². The number of rotatable bonds is 4. The molecule has 0 saturated carbocycles. The van der Waals surface area contributed by atoms with Gasteiger partial charge in [0.05, 0.1) is 0 Å². The maximum atomic E-state index is 11.5. The molecule has 0 aliphatic rings. The maximum absolute atomic E-state index is 11.5. The van der Waals surface area contributed by atoms with Gasteiger partial charge in [0.2, 0.25) is 11.7 Å². The highest BCUT2D eigenvalue weighted by Crippen LogP contribution is 1.89. The summed E-state index contributed by atoms with van der Waals surface area (Å²) in [7, 11) is 2.78. The number of primary amides is 1. The van der Waals surface area contributed by atoms with Crippen molar-refractivity contribution in [3.05, 3.63) is 20.8 Å². The highest BCUT2D eigenvalue weighted by atomic mass is 16.2. The van der Waals surface area contributed by atoms with Crippen molar-refractivity contribution in [2.45, 2.75) is 6.42 Å². The molecule has 0 radical (unpaired) electrons. The van der Waals surface area contributed by atoms with Crippen LogP contribution >= 0.6 is 0 Å². The summed E-state index contributed by atoms with van der Waals surface area (Å²) < 4.78 is 1.97. The zero-order valence-electron chi connectivity index (χ0n) is 9.06. The lowest BCUT2D eigenvalue weighted by atomic mass is 10.4. The average molecular weight is 227 g/mol. The van der Waals surface area contributed by atoms with Gasteiger partial charge in [0.1, 0.15) is 0 Å². The van der Waals surface area contributed by atoms with Crippen LogP contribution in [0.1, 0.15) is 6.42 Å². The molecule has 1 heterocycles. The zero-order chi connectivity index (χ0) is 12.3. The minimum atomic E-state index is -0.535. The molecule has 0 bridgehead atoms. The number of carbonyl (C=O) groups excluding carboxylic acids is 1. The predicted octanol–water partition coefficient (Wildman–Crippen LogP) is -2.23. The molecule has 3 N–H and O–H groups in total. The first-order valence-electron chi connectivity index (χ1n) is 4.60. The Morgan fingerprint density at radius 3 is 2.62 bits per heavy atom. The van der Waals surface area contributed by atoms with Crippen molar-refractivity contribution >= 4 is 11.7 Å². The molecule has 1 rings (SSSR count). The van der Waals surface area contributed by atoms with Crippen LogP contribution in [0.4, 0.5) is 5.82 Å². The third-order valence-electron chi connectivity index (χ3n) is 1.98. The van der Waals surface area contributed by atoms with Gasteiger partial charge < -0.3 is 11.1 Å². The average Bonchev–Trinajstić information content (AvgIpc) is 2.22. The Labute approximate surface area is 90.7 Å². The van der Waals surface area contributed by atoms with Crippen molar-refractivity contribution in [3.8, 4) is 0 Å². The second-order valence-electron chi connectivity index (χ2n) is 3.26. The highest BCUT2D eigenvalue weighted by Gasteiger charge is 2.07. The van der Waals surface area contributed by atoms with Gasteiger partial charge in [-0.25, -0.2) is 9.48 Å². The molecule has 8 nitrogen and oxygen atoms in total. The van der Waals surface area contributed by atoms with Crippen LogP contribution in [0.25, 0.3) is 0 Å². The van der Waals surface area contributed by atoms with Crippen LogP contribution in [0.2, 0.25) is 0 Å². The molecule has 1 aromatic rings. The van der Waals surface area contributed by atoms with Gasteiger partial charge in [-0.1, -0.05) is 0 Å². The Balaban J connectivity index is 2.94. The molecule has 1 amide bonds. The van der Waals surface area contributed by atoms with Gasteiger partial charge in [-0.2, -0.15) is 0 Å². The van der Waals surface area contributed by atoms with Crippen LogP contribution in [-0.2, 0) is 18.9 Å². The third kappa shape index (κ3) is 2.47. The minimum Gasteiger partial charge on any atom is -0.370 e. The van der Waals surface area contributed by atoms with E-state index in [1.807, 2.05) is 0 Å². The number of nitrogens with two attached hydrogens (primary N) is 1. The van der Waals surface area contributed by atoms with Gasteiger partial charge in [-0.3, -0.25) is 14.2 Å². The fraction of sp³-hybridized carbons (Fsp3) is 0.500. The molecule has 0 unspecified atom stereocenters. The summed E-state index contributed by atoms with van der Waals surface area (Å²) >= 11 is 0. The zero-order valence-corrected chi connectivity index (χ0v) is 9.06. The van der Waals surface area contributed by atoms with E-state index in [2.05, 4.69) is 10.4 Å². The van der Waals surface area contributed by atoms with E-state index in [0.29, 0.717) is 0 Å². The lowest BCUT2D eigenvalue weighted by Crippen LogP contribution is -2.40. The summed E-state index contributed by atoms with van der Waals surface area (Å²) in [4.78, 5) is 33.3. The van der Waals surface area contributed by atoms with Crippen LogP contribution in [0.5, 0.6) is 0 Å². The summed E-state index contributed by atoms with van der Waals surface area (Å²) in [5.74, 6) is -0.458. The highest BCUT2D eigenvalue weighted by molar-refractivity contribution is 5.74. The summed E-state index contributed by atoms with van der Waals surface area (Å²) in [5.41, 5.74) is 3.90. The lowest BCUT2D eigenvalue weighted by molar-refractivity contribution is -0.117. The molecule has 0 spiro atoms. The number of hydrogen-bond donors (Lipinski definition) is 2. The number of anilines is 1. The summed E-state index contributed by atoms with van der Waals surface area (Å²) in [5, 5.41) is 6.39. The van der Waals surface area contributed by atoms with Crippen LogP contribution in [0.3, 0.4) is 0 Å². The molecular formula is C8H13N5O3. The van der Waals surface area contributed by atoms with Crippen molar-refractivity contribution in [3.63, 3.8) is 0 Å². The van der Waals surface area contributed by atoms with E-state index in [1.165, 1.54) is 14.1 Å². The number of aryl methyl sites for hydroxylation is 1. The molecule has 0 aliphatic heterocycles. The van der Waals surface area contributed by atoms with Crippen LogP contribution in [-0.4, -0.2) is 26.8 Å². The molecule has 16 heavy (non-hydrogen) atoms. The molecule has 0 saturated heterocycles. The molecule has 1 aromatic heterocycles. The first kappa shape index (κ1) is 12.0. The Morgan fingerprint density at radius 1 is 1.44 bits per heavy atom. The van der Waals surface area contributed by atoms with Crippen molar-refractivity contribution in [2.75, 3.05) is 11.9 Å². The number of carbonyl (C=O) groups is 1. The monoisotopic (exact) mass is 227 g/mol. The molecule has 88 valence electrons. The summed E-state index contributed by atoms with van der Waals surface area (Å²) in [6, 6.07) is 0. The van der Waals surface area contributed by atoms with Crippen LogP contribution < -0.4 is 22.3 Å². The van der Waals surface area contributed by atoms with Gasteiger partial charge in [-0.05, 0) is 0 Å². The summed E-state index contributed by atoms with van der Waals surface area (Å²) in [6.07, 6.45) is 0.0909. The van der Waals surface area contributed by atoms with Crippen LogP contribution in [0, 0.1) is 0 Å². The van der Waals surface area contributed by atoms with E-state index in [-0.39, 0.29) is 18.8 Å². The van der Waals surface area contributed by atoms with Crippen molar-refractivity contribution in [1.82, 2.24) is 14.3 Å². The second kappa shape index (κ2) is 4.60. The molecular weight excluding hydrogens is 214 g/mol. The largest absolute Gasteiger partial charge is 0.370 e. The van der Waals surface area contributed by atoms with Crippen molar-refractivity contribution in [2.24, 2.45) is 19.8 Å². The lowest BCUT2D eigenvalue weighted by Gasteiger charge is -2.06. The van der Waals surface area contributed by atoms with Gasteiger partial charge >= 0.3 is 5.69 Å².